The van der Waals surface area contributed by atoms with E-state index in [0.29, 0.717) is 0 Å². The first-order valence-electron chi connectivity index (χ1n) is 5.33. The second kappa shape index (κ2) is 6.07. The monoisotopic (exact) mass is 253 g/mol. The van der Waals surface area contributed by atoms with Crippen LogP contribution in [0.25, 0.3) is 0 Å². The Kier molecular flexibility index (Phi) is 4.75. The minimum atomic E-state index is -0.787. The number of benzene rings is 1. The topological polar surface area (TPSA) is 78.9 Å². The number of carbonyl (C=O) groups is 1. The highest BCUT2D eigenvalue weighted by molar-refractivity contribution is 5.74. The number of carbonyl (C=O) groups excluding carboxylic acids is 1. The van der Waals surface area contributed by atoms with Crippen molar-refractivity contribution < 1.29 is 13.6 Å². The lowest BCUT2D eigenvalue weighted by atomic mass is 10.1. The molecule has 0 fully saturated rings. The molecule has 96 valence electrons. The lowest BCUT2D eigenvalue weighted by Crippen LogP contribution is -2.31. The van der Waals surface area contributed by atoms with Crippen LogP contribution in [-0.4, -0.2) is 11.9 Å². The molecule has 18 heavy (non-hydrogen) atoms. The van der Waals surface area contributed by atoms with Crippen LogP contribution in [0.5, 0.6) is 0 Å². The average molecular weight is 253 g/mol. The first-order valence-corrected chi connectivity index (χ1v) is 5.33. The molecule has 0 radical (unpaired) electrons. The molecule has 1 rings (SSSR count). The van der Waals surface area contributed by atoms with E-state index in [-0.39, 0.29) is 30.1 Å². The molecule has 0 saturated heterocycles. The Morgan fingerprint density at radius 3 is 2.50 bits per heavy atom. The van der Waals surface area contributed by atoms with Gasteiger partial charge in [-0.3, -0.25) is 4.79 Å². The van der Waals surface area contributed by atoms with Crippen molar-refractivity contribution >= 4 is 5.91 Å². The van der Waals surface area contributed by atoms with Gasteiger partial charge in [-0.1, -0.05) is 0 Å². The Bertz CT molecular complexity index is 474. The minimum absolute atomic E-state index is 0.0704. The number of rotatable bonds is 5. The second-order valence-electron chi connectivity index (χ2n) is 3.98. The first kappa shape index (κ1) is 14.1. The molecule has 0 spiro atoms. The smallest absolute Gasteiger partial charge is 0.218 e. The predicted octanol–water partition coefficient (Wildman–Crippen LogP) is 1.19. The van der Waals surface area contributed by atoms with Gasteiger partial charge >= 0.3 is 0 Å². The SMILES string of the molecule is CC(CC(N)=O)NCc1c(F)cc(C#N)cc1F. The van der Waals surface area contributed by atoms with Crippen LogP contribution < -0.4 is 11.1 Å². The summed E-state index contributed by atoms with van der Waals surface area (Å²) in [6.07, 6.45) is 0.0829. The summed E-state index contributed by atoms with van der Waals surface area (Å²) >= 11 is 0. The van der Waals surface area contributed by atoms with E-state index < -0.39 is 17.5 Å². The van der Waals surface area contributed by atoms with E-state index in [1.807, 2.05) is 0 Å². The van der Waals surface area contributed by atoms with Crippen LogP contribution in [0, 0.1) is 23.0 Å². The van der Waals surface area contributed by atoms with Gasteiger partial charge in [-0.15, -0.1) is 0 Å². The molecule has 1 amide bonds. The molecule has 0 bridgehead atoms. The molecule has 4 nitrogen and oxygen atoms in total. The van der Waals surface area contributed by atoms with E-state index in [1.165, 1.54) is 0 Å². The average Bonchev–Trinajstić information content (AvgIpc) is 2.26. The zero-order valence-electron chi connectivity index (χ0n) is 9.84. The van der Waals surface area contributed by atoms with Crippen molar-refractivity contribution in [2.45, 2.75) is 25.9 Å². The van der Waals surface area contributed by atoms with Gasteiger partial charge in [-0.2, -0.15) is 5.26 Å². The Labute approximate surface area is 103 Å². The summed E-state index contributed by atoms with van der Waals surface area (Å²) < 4.78 is 27.0. The molecule has 1 aromatic rings. The van der Waals surface area contributed by atoms with Crippen LogP contribution in [0.2, 0.25) is 0 Å². The standard InChI is InChI=1S/C12H13F2N3O/c1-7(2-12(16)18)17-6-9-10(13)3-8(5-15)4-11(9)14/h3-4,7,17H,2,6H2,1H3,(H2,16,18). The maximum Gasteiger partial charge on any atom is 0.218 e. The third kappa shape index (κ3) is 3.79. The third-order valence-electron chi connectivity index (χ3n) is 2.40. The van der Waals surface area contributed by atoms with Gasteiger partial charge in [0.1, 0.15) is 11.6 Å². The molecular formula is C12H13F2N3O. The number of nitriles is 1. The fourth-order valence-corrected chi connectivity index (χ4v) is 1.49. The van der Waals surface area contributed by atoms with Gasteiger partial charge in [0.05, 0.1) is 11.6 Å². The van der Waals surface area contributed by atoms with Crippen molar-refractivity contribution in [1.29, 1.82) is 5.26 Å². The van der Waals surface area contributed by atoms with Crippen molar-refractivity contribution in [3.63, 3.8) is 0 Å². The number of halogens is 2. The predicted molar refractivity (Wildman–Crippen MR) is 61.2 cm³/mol. The Morgan fingerprint density at radius 2 is 2.06 bits per heavy atom. The number of primary amides is 1. The quantitative estimate of drug-likeness (QED) is 0.827. The number of nitrogens with two attached hydrogens (primary N) is 1. The molecule has 3 N–H and O–H groups in total. The van der Waals surface area contributed by atoms with Crippen LogP contribution >= 0.6 is 0 Å². The van der Waals surface area contributed by atoms with E-state index in [4.69, 9.17) is 11.0 Å². The zero-order chi connectivity index (χ0) is 13.7. The summed E-state index contributed by atoms with van der Waals surface area (Å²) in [5, 5.41) is 11.3. The summed E-state index contributed by atoms with van der Waals surface area (Å²) in [5.74, 6) is -2.06. The number of amides is 1. The number of hydrogen-bond donors (Lipinski definition) is 2. The van der Waals surface area contributed by atoms with Gasteiger partial charge in [-0.05, 0) is 19.1 Å². The Balaban J connectivity index is 2.74. The molecule has 0 aromatic heterocycles. The molecule has 1 atom stereocenters. The molecule has 1 aromatic carbocycles. The number of nitrogens with zero attached hydrogens (tertiary/aromatic N) is 1. The highest BCUT2D eigenvalue weighted by Gasteiger charge is 2.13. The lowest BCUT2D eigenvalue weighted by molar-refractivity contribution is -0.118. The molecule has 6 heteroatoms. The number of hydrogen-bond acceptors (Lipinski definition) is 3. The van der Waals surface area contributed by atoms with E-state index in [1.54, 1.807) is 13.0 Å². The van der Waals surface area contributed by atoms with Crippen molar-refractivity contribution in [2.24, 2.45) is 5.73 Å². The van der Waals surface area contributed by atoms with Gasteiger partial charge in [0.15, 0.2) is 0 Å². The summed E-state index contributed by atoms with van der Waals surface area (Å²) in [4.78, 5) is 10.6. The number of nitrogens with one attached hydrogen (secondary N) is 1. The molecular weight excluding hydrogens is 240 g/mol. The van der Waals surface area contributed by atoms with Gasteiger partial charge in [0.2, 0.25) is 5.91 Å². The lowest BCUT2D eigenvalue weighted by Gasteiger charge is -2.13. The fraction of sp³-hybridized carbons (Fsp3) is 0.333. The maximum atomic E-state index is 13.5. The second-order valence-corrected chi connectivity index (χ2v) is 3.98. The van der Waals surface area contributed by atoms with Gasteiger partial charge in [0.25, 0.3) is 0 Å². The molecule has 0 saturated carbocycles. The van der Waals surface area contributed by atoms with E-state index in [0.717, 1.165) is 12.1 Å². The van der Waals surface area contributed by atoms with Gasteiger partial charge in [0, 0.05) is 24.6 Å². The van der Waals surface area contributed by atoms with Crippen LogP contribution in [0.4, 0.5) is 8.78 Å². The van der Waals surface area contributed by atoms with E-state index >= 15 is 0 Å². The van der Waals surface area contributed by atoms with Crippen LogP contribution in [0.1, 0.15) is 24.5 Å². The highest BCUT2D eigenvalue weighted by Crippen LogP contribution is 2.15. The van der Waals surface area contributed by atoms with Crippen molar-refractivity contribution in [1.82, 2.24) is 5.32 Å². The summed E-state index contributed by atoms with van der Waals surface area (Å²) in [7, 11) is 0. The fourth-order valence-electron chi connectivity index (χ4n) is 1.49. The maximum absolute atomic E-state index is 13.5. The third-order valence-corrected chi connectivity index (χ3v) is 2.40. The molecule has 0 aliphatic heterocycles. The Hall–Kier alpha value is -2.00. The molecule has 1 unspecified atom stereocenters. The van der Waals surface area contributed by atoms with Gasteiger partial charge in [-0.25, -0.2) is 8.78 Å². The van der Waals surface area contributed by atoms with Crippen LogP contribution in [0.15, 0.2) is 12.1 Å². The van der Waals surface area contributed by atoms with Gasteiger partial charge < -0.3 is 11.1 Å². The Morgan fingerprint density at radius 1 is 1.50 bits per heavy atom. The summed E-state index contributed by atoms with van der Waals surface area (Å²) in [6, 6.07) is 3.33. The largest absolute Gasteiger partial charge is 0.370 e. The highest BCUT2D eigenvalue weighted by atomic mass is 19.1. The summed E-state index contributed by atoms with van der Waals surface area (Å²) in [5.41, 5.74) is 4.76. The van der Waals surface area contributed by atoms with Crippen molar-refractivity contribution in [2.75, 3.05) is 0 Å². The van der Waals surface area contributed by atoms with E-state index in [2.05, 4.69) is 5.32 Å². The normalized spacial score (nSPS) is 11.9. The molecule has 0 aliphatic carbocycles. The van der Waals surface area contributed by atoms with Crippen molar-refractivity contribution in [3.8, 4) is 6.07 Å². The molecule has 0 heterocycles. The van der Waals surface area contributed by atoms with Crippen LogP contribution in [-0.2, 0) is 11.3 Å². The van der Waals surface area contributed by atoms with Crippen molar-refractivity contribution in [3.05, 3.63) is 34.9 Å². The first-order chi connectivity index (χ1) is 8.43. The van der Waals surface area contributed by atoms with E-state index in [9.17, 15) is 13.6 Å². The molecule has 0 aliphatic rings. The van der Waals surface area contributed by atoms with Crippen LogP contribution in [0.3, 0.4) is 0 Å². The minimum Gasteiger partial charge on any atom is -0.370 e. The zero-order valence-corrected chi connectivity index (χ0v) is 9.84. The summed E-state index contributed by atoms with van der Waals surface area (Å²) in [6.45, 7) is 1.61.